The number of hydrogen-bond acceptors (Lipinski definition) is 4. The highest BCUT2D eigenvalue weighted by atomic mass is 16.3. The summed E-state index contributed by atoms with van der Waals surface area (Å²) >= 11 is 0. The van der Waals surface area contributed by atoms with Gasteiger partial charge in [0.25, 0.3) is 5.56 Å². The van der Waals surface area contributed by atoms with Crippen LogP contribution in [-0.2, 0) is 0 Å². The topological polar surface area (TPSA) is 95.9 Å². The number of fused-ring (bicyclic) bond motifs is 1. The van der Waals surface area contributed by atoms with E-state index in [1.54, 1.807) is 24.3 Å². The van der Waals surface area contributed by atoms with E-state index in [4.69, 9.17) is 4.42 Å². The van der Waals surface area contributed by atoms with E-state index in [0.717, 1.165) is 0 Å². The summed E-state index contributed by atoms with van der Waals surface area (Å²) in [4.78, 5) is 38.9. The van der Waals surface area contributed by atoms with Crippen LogP contribution in [0.25, 0.3) is 22.4 Å². The molecule has 0 atom stereocenters. The van der Waals surface area contributed by atoms with Crippen molar-refractivity contribution in [3.8, 4) is 11.3 Å². The van der Waals surface area contributed by atoms with Gasteiger partial charge in [0.15, 0.2) is 0 Å². The molecular weight excluding hydrogens is 248 g/mol. The molecule has 2 heterocycles. The van der Waals surface area contributed by atoms with Crippen molar-refractivity contribution in [2.24, 2.45) is 0 Å². The van der Waals surface area contributed by atoms with Gasteiger partial charge in [0.2, 0.25) is 11.1 Å². The lowest BCUT2D eigenvalue weighted by Crippen LogP contribution is -2.25. The maximum absolute atomic E-state index is 11.9. The first kappa shape index (κ1) is 11.2. The lowest BCUT2D eigenvalue weighted by molar-refractivity contribution is 0.601. The fourth-order valence-electron chi connectivity index (χ4n) is 1.84. The summed E-state index contributed by atoms with van der Waals surface area (Å²) in [7, 11) is 0. The standard InChI is InChI=1S/C13H8N2O4/c16-8-6-9(7-4-2-1-3-5-7)19-12-10(8)11(17)14-13(18)15-12/h1-6H,(H2,14,15,17,18). The van der Waals surface area contributed by atoms with E-state index in [1.807, 2.05) is 11.1 Å². The Morgan fingerprint density at radius 3 is 2.42 bits per heavy atom. The van der Waals surface area contributed by atoms with Gasteiger partial charge in [-0.2, -0.15) is 0 Å². The van der Waals surface area contributed by atoms with E-state index < -0.39 is 16.7 Å². The zero-order chi connectivity index (χ0) is 13.4. The van der Waals surface area contributed by atoms with Crippen molar-refractivity contribution in [1.29, 1.82) is 0 Å². The Bertz CT molecular complexity index is 919. The summed E-state index contributed by atoms with van der Waals surface area (Å²) in [6.07, 6.45) is 0. The number of nitrogens with one attached hydrogen (secondary N) is 2. The van der Waals surface area contributed by atoms with Gasteiger partial charge < -0.3 is 4.42 Å². The molecule has 0 unspecified atom stereocenters. The normalized spacial score (nSPS) is 10.7. The average Bonchev–Trinajstić information content (AvgIpc) is 2.38. The number of benzene rings is 1. The van der Waals surface area contributed by atoms with Crippen LogP contribution in [0.1, 0.15) is 0 Å². The van der Waals surface area contributed by atoms with Crippen LogP contribution in [0.2, 0.25) is 0 Å². The van der Waals surface area contributed by atoms with Gasteiger partial charge >= 0.3 is 5.69 Å². The number of aromatic nitrogens is 2. The summed E-state index contributed by atoms with van der Waals surface area (Å²) in [5, 5.41) is -0.195. The molecule has 6 nitrogen and oxygen atoms in total. The third kappa shape index (κ3) is 1.89. The molecule has 3 rings (SSSR count). The molecule has 0 saturated heterocycles. The van der Waals surface area contributed by atoms with Crippen molar-refractivity contribution in [1.82, 2.24) is 9.97 Å². The fourth-order valence-corrected chi connectivity index (χ4v) is 1.84. The molecule has 0 aliphatic heterocycles. The molecule has 3 aromatic rings. The van der Waals surface area contributed by atoms with Crippen molar-refractivity contribution in [3.63, 3.8) is 0 Å². The smallest absolute Gasteiger partial charge is 0.328 e. The highest BCUT2D eigenvalue weighted by molar-refractivity contribution is 5.73. The van der Waals surface area contributed by atoms with E-state index in [1.165, 1.54) is 6.07 Å². The first-order valence-electron chi connectivity index (χ1n) is 5.51. The van der Waals surface area contributed by atoms with Gasteiger partial charge in [0, 0.05) is 11.6 Å². The number of aromatic amines is 2. The zero-order valence-electron chi connectivity index (χ0n) is 9.60. The van der Waals surface area contributed by atoms with Crippen LogP contribution in [0.3, 0.4) is 0 Å². The largest absolute Gasteiger partial charge is 0.439 e. The van der Waals surface area contributed by atoms with E-state index in [2.05, 4.69) is 4.98 Å². The first-order valence-corrected chi connectivity index (χ1v) is 5.51. The van der Waals surface area contributed by atoms with Crippen molar-refractivity contribution >= 4 is 11.1 Å². The van der Waals surface area contributed by atoms with Crippen LogP contribution < -0.4 is 16.7 Å². The molecule has 1 aromatic carbocycles. The molecular formula is C13H8N2O4. The first-order chi connectivity index (χ1) is 9.15. The van der Waals surface area contributed by atoms with Crippen LogP contribution in [0.5, 0.6) is 0 Å². The van der Waals surface area contributed by atoms with Gasteiger partial charge in [-0.25, -0.2) is 4.79 Å². The fraction of sp³-hybridized carbons (Fsp3) is 0. The number of H-pyrrole nitrogens is 2. The van der Waals surface area contributed by atoms with Crippen LogP contribution in [0.15, 0.2) is 55.2 Å². The molecule has 2 aromatic heterocycles. The van der Waals surface area contributed by atoms with Gasteiger partial charge in [0.05, 0.1) is 0 Å². The van der Waals surface area contributed by atoms with E-state index >= 15 is 0 Å². The quantitative estimate of drug-likeness (QED) is 0.674. The highest BCUT2D eigenvalue weighted by Gasteiger charge is 2.10. The third-order valence-corrected chi connectivity index (χ3v) is 2.69. The molecule has 0 aliphatic rings. The van der Waals surface area contributed by atoms with Crippen LogP contribution in [0, 0.1) is 0 Å². The number of rotatable bonds is 1. The summed E-state index contributed by atoms with van der Waals surface area (Å²) in [6, 6.07) is 10.2. The van der Waals surface area contributed by atoms with Crippen LogP contribution >= 0.6 is 0 Å². The van der Waals surface area contributed by atoms with Gasteiger partial charge in [0.1, 0.15) is 11.1 Å². The second kappa shape index (κ2) is 4.09. The molecule has 0 bridgehead atoms. The van der Waals surface area contributed by atoms with Gasteiger partial charge in [-0.1, -0.05) is 30.3 Å². The Labute approximate surface area is 105 Å². The predicted octanol–water partition coefficient (Wildman–Crippen LogP) is 0.837. The summed E-state index contributed by atoms with van der Waals surface area (Å²) < 4.78 is 5.41. The van der Waals surface area contributed by atoms with Crippen molar-refractivity contribution in [3.05, 3.63) is 67.5 Å². The Kier molecular flexibility index (Phi) is 2.42. The van der Waals surface area contributed by atoms with Crippen LogP contribution in [-0.4, -0.2) is 9.97 Å². The van der Waals surface area contributed by atoms with Gasteiger partial charge in [-0.3, -0.25) is 19.6 Å². The molecule has 0 spiro atoms. The van der Waals surface area contributed by atoms with E-state index in [-0.39, 0.29) is 11.1 Å². The molecule has 0 fully saturated rings. The summed E-state index contributed by atoms with van der Waals surface area (Å²) in [5.41, 5.74) is -1.42. The predicted molar refractivity (Wildman–Crippen MR) is 69.2 cm³/mol. The SMILES string of the molecule is O=c1[nH]c(=O)c2c(=O)cc(-c3ccccc3)oc2[nH]1. The van der Waals surface area contributed by atoms with Crippen molar-refractivity contribution in [2.45, 2.75) is 0 Å². The second-order valence-electron chi connectivity index (χ2n) is 3.95. The van der Waals surface area contributed by atoms with E-state index in [0.29, 0.717) is 11.3 Å². The third-order valence-electron chi connectivity index (χ3n) is 2.69. The van der Waals surface area contributed by atoms with Crippen molar-refractivity contribution in [2.75, 3.05) is 0 Å². The maximum atomic E-state index is 11.9. The van der Waals surface area contributed by atoms with E-state index in [9.17, 15) is 14.4 Å². The average molecular weight is 256 g/mol. The molecule has 2 N–H and O–H groups in total. The Morgan fingerprint density at radius 2 is 1.68 bits per heavy atom. The molecule has 0 aliphatic carbocycles. The second-order valence-corrected chi connectivity index (χ2v) is 3.95. The minimum atomic E-state index is -0.757. The summed E-state index contributed by atoms with van der Waals surface area (Å²) in [6.45, 7) is 0. The summed E-state index contributed by atoms with van der Waals surface area (Å²) in [5.74, 6) is 0.291. The molecule has 19 heavy (non-hydrogen) atoms. The van der Waals surface area contributed by atoms with Crippen LogP contribution in [0.4, 0.5) is 0 Å². The molecule has 0 radical (unpaired) electrons. The maximum Gasteiger partial charge on any atom is 0.328 e. The lowest BCUT2D eigenvalue weighted by Gasteiger charge is -2.01. The van der Waals surface area contributed by atoms with Crippen molar-refractivity contribution < 1.29 is 4.42 Å². The molecule has 0 amide bonds. The lowest BCUT2D eigenvalue weighted by atomic mass is 10.1. The molecule has 6 heteroatoms. The van der Waals surface area contributed by atoms with Gasteiger partial charge in [-0.05, 0) is 0 Å². The minimum absolute atomic E-state index is 0.125. The Morgan fingerprint density at radius 1 is 0.947 bits per heavy atom. The molecule has 0 saturated carbocycles. The zero-order valence-corrected chi connectivity index (χ0v) is 9.60. The molecule has 94 valence electrons. The Hall–Kier alpha value is -2.89. The minimum Gasteiger partial charge on any atom is -0.439 e. The Balaban J connectivity index is 2.41. The van der Waals surface area contributed by atoms with Gasteiger partial charge in [-0.15, -0.1) is 0 Å². The number of hydrogen-bond donors (Lipinski definition) is 2. The highest BCUT2D eigenvalue weighted by Crippen LogP contribution is 2.18. The monoisotopic (exact) mass is 256 g/mol.